The zero-order valence-corrected chi connectivity index (χ0v) is 11.4. The summed E-state index contributed by atoms with van der Waals surface area (Å²) in [5.74, 6) is -1.17. The molecule has 1 aliphatic heterocycles. The van der Waals surface area contributed by atoms with Gasteiger partial charge in [0.2, 0.25) is 0 Å². The minimum atomic E-state index is -0.648. The molecule has 0 bridgehead atoms. The molecule has 0 N–H and O–H groups in total. The summed E-state index contributed by atoms with van der Waals surface area (Å²) in [6.07, 6.45) is 0. The van der Waals surface area contributed by atoms with Gasteiger partial charge in [-0.15, -0.1) is 0 Å². The van der Waals surface area contributed by atoms with Gasteiger partial charge in [0.1, 0.15) is 5.92 Å². The lowest BCUT2D eigenvalue weighted by atomic mass is 9.67. The van der Waals surface area contributed by atoms with Crippen molar-refractivity contribution in [2.75, 3.05) is 6.61 Å². The third-order valence-electron chi connectivity index (χ3n) is 4.53. The van der Waals surface area contributed by atoms with Crippen LogP contribution in [0.3, 0.4) is 0 Å². The van der Waals surface area contributed by atoms with E-state index in [-0.39, 0.29) is 23.6 Å². The highest BCUT2D eigenvalue weighted by molar-refractivity contribution is 6.11. The Bertz CT molecular complexity index is 720. The predicted octanol–water partition coefficient (Wildman–Crippen LogP) is 2.80. The van der Waals surface area contributed by atoms with Gasteiger partial charge >= 0.3 is 5.97 Å². The van der Waals surface area contributed by atoms with Crippen molar-refractivity contribution >= 4 is 11.8 Å². The maximum Gasteiger partial charge on any atom is 0.317 e. The molecule has 0 amide bonds. The number of benzene rings is 2. The Morgan fingerprint density at radius 3 is 2.38 bits per heavy atom. The fraction of sp³-hybridized carbons (Fsp3) is 0.222. The smallest absolute Gasteiger partial charge is 0.317 e. The molecule has 2 aromatic rings. The first kappa shape index (κ1) is 12.3. The number of fused-ring (bicyclic) bond motifs is 2. The van der Waals surface area contributed by atoms with E-state index in [0.29, 0.717) is 12.2 Å². The molecule has 0 spiro atoms. The van der Waals surface area contributed by atoms with Crippen LogP contribution in [0.2, 0.25) is 0 Å². The molecule has 3 atom stereocenters. The van der Waals surface area contributed by atoms with Gasteiger partial charge in [0.15, 0.2) is 5.78 Å². The van der Waals surface area contributed by atoms with Crippen molar-refractivity contribution in [3.8, 4) is 0 Å². The summed E-state index contributed by atoms with van der Waals surface area (Å²) in [5.41, 5.74) is 2.80. The quantitative estimate of drug-likeness (QED) is 0.595. The molecular formula is C18H14O3. The lowest BCUT2D eigenvalue weighted by Gasteiger charge is -2.32. The number of carbonyl (C=O) groups excluding carboxylic acids is 2. The predicted molar refractivity (Wildman–Crippen MR) is 77.0 cm³/mol. The van der Waals surface area contributed by atoms with E-state index in [9.17, 15) is 9.59 Å². The van der Waals surface area contributed by atoms with E-state index in [2.05, 4.69) is 12.1 Å². The summed E-state index contributed by atoms with van der Waals surface area (Å²) in [6.45, 7) is 0.323. The second kappa shape index (κ2) is 4.55. The maximum absolute atomic E-state index is 12.6. The topological polar surface area (TPSA) is 43.4 Å². The summed E-state index contributed by atoms with van der Waals surface area (Å²) in [4.78, 5) is 24.5. The molecule has 104 valence electrons. The van der Waals surface area contributed by atoms with Crippen molar-refractivity contribution in [3.05, 3.63) is 71.3 Å². The van der Waals surface area contributed by atoms with Crippen molar-refractivity contribution in [1.82, 2.24) is 0 Å². The number of ether oxygens (including phenoxy) is 1. The Labute approximate surface area is 122 Å². The lowest BCUT2D eigenvalue weighted by molar-refractivity contribution is -0.140. The molecule has 2 aliphatic rings. The second-order valence-electron chi connectivity index (χ2n) is 5.61. The highest BCUT2D eigenvalue weighted by Crippen LogP contribution is 2.46. The van der Waals surface area contributed by atoms with E-state index in [4.69, 9.17) is 4.74 Å². The monoisotopic (exact) mass is 278 g/mol. The zero-order valence-electron chi connectivity index (χ0n) is 11.4. The summed E-state index contributed by atoms with van der Waals surface area (Å²) >= 11 is 0. The van der Waals surface area contributed by atoms with Crippen LogP contribution in [0.5, 0.6) is 0 Å². The number of hydrogen-bond donors (Lipinski definition) is 0. The number of cyclic esters (lactones) is 1. The highest BCUT2D eigenvalue weighted by atomic mass is 16.5. The number of rotatable bonds is 1. The minimum absolute atomic E-state index is 0.0385. The highest BCUT2D eigenvalue weighted by Gasteiger charge is 2.51. The number of Topliss-reactive ketones (excluding diaryl/α,β-unsaturated/α-hetero) is 1. The number of carbonyl (C=O) groups is 2. The van der Waals surface area contributed by atoms with Crippen LogP contribution in [0.15, 0.2) is 54.6 Å². The lowest BCUT2D eigenvalue weighted by Crippen LogP contribution is -2.36. The van der Waals surface area contributed by atoms with Crippen LogP contribution in [0, 0.1) is 11.8 Å². The second-order valence-corrected chi connectivity index (χ2v) is 5.61. The van der Waals surface area contributed by atoms with Gasteiger partial charge in [0.25, 0.3) is 0 Å². The van der Waals surface area contributed by atoms with Crippen molar-refractivity contribution in [2.24, 2.45) is 11.8 Å². The first-order chi connectivity index (χ1) is 10.3. The summed E-state index contributed by atoms with van der Waals surface area (Å²) in [6, 6.07) is 17.6. The van der Waals surface area contributed by atoms with Crippen molar-refractivity contribution in [1.29, 1.82) is 0 Å². The summed E-state index contributed by atoms with van der Waals surface area (Å²) < 4.78 is 5.19. The Hall–Kier alpha value is -2.42. The largest absolute Gasteiger partial charge is 0.465 e. The molecular weight excluding hydrogens is 264 g/mol. The van der Waals surface area contributed by atoms with Crippen LogP contribution >= 0.6 is 0 Å². The molecule has 3 heteroatoms. The molecule has 0 aromatic heterocycles. The van der Waals surface area contributed by atoms with E-state index in [1.807, 2.05) is 42.5 Å². The standard InChI is InChI=1S/C18H14O3/c19-17-13-9-5-4-8-12(13)15(11-6-2-1-3-7-11)14-10-21-18(20)16(14)17/h1-9,14-16H,10H2. The fourth-order valence-corrected chi connectivity index (χ4v) is 3.61. The van der Waals surface area contributed by atoms with Crippen LogP contribution in [0.1, 0.15) is 27.4 Å². The SMILES string of the molecule is O=C1OCC2C1C(=O)c1ccccc1C2c1ccccc1. The minimum Gasteiger partial charge on any atom is -0.465 e. The Morgan fingerprint density at radius 2 is 1.57 bits per heavy atom. The summed E-state index contributed by atoms with van der Waals surface area (Å²) in [7, 11) is 0. The van der Waals surface area contributed by atoms with Crippen molar-refractivity contribution < 1.29 is 14.3 Å². The van der Waals surface area contributed by atoms with Gasteiger partial charge in [-0.05, 0) is 11.1 Å². The fourth-order valence-electron chi connectivity index (χ4n) is 3.61. The Morgan fingerprint density at radius 1 is 0.857 bits per heavy atom. The summed E-state index contributed by atoms with van der Waals surface area (Å²) in [5, 5.41) is 0. The van der Waals surface area contributed by atoms with E-state index in [1.165, 1.54) is 0 Å². The van der Waals surface area contributed by atoms with E-state index < -0.39 is 5.92 Å². The molecule has 1 heterocycles. The third-order valence-corrected chi connectivity index (χ3v) is 4.53. The van der Waals surface area contributed by atoms with Crippen LogP contribution in [-0.4, -0.2) is 18.4 Å². The van der Waals surface area contributed by atoms with Gasteiger partial charge in [-0.25, -0.2) is 0 Å². The molecule has 1 aliphatic carbocycles. The van der Waals surface area contributed by atoms with Gasteiger partial charge < -0.3 is 4.74 Å². The van der Waals surface area contributed by atoms with Crippen LogP contribution < -0.4 is 0 Å². The van der Waals surface area contributed by atoms with Crippen LogP contribution in [0.25, 0.3) is 0 Å². The Balaban J connectivity index is 1.94. The van der Waals surface area contributed by atoms with E-state index in [0.717, 1.165) is 11.1 Å². The molecule has 0 radical (unpaired) electrons. The van der Waals surface area contributed by atoms with Crippen molar-refractivity contribution in [3.63, 3.8) is 0 Å². The number of ketones is 1. The molecule has 2 aromatic carbocycles. The number of hydrogen-bond acceptors (Lipinski definition) is 3. The van der Waals surface area contributed by atoms with E-state index >= 15 is 0 Å². The third kappa shape index (κ3) is 1.74. The van der Waals surface area contributed by atoms with Gasteiger partial charge in [0.05, 0.1) is 6.61 Å². The molecule has 4 rings (SSSR count). The zero-order chi connectivity index (χ0) is 14.4. The average molecular weight is 278 g/mol. The molecule has 1 saturated heterocycles. The van der Waals surface area contributed by atoms with Crippen LogP contribution in [0.4, 0.5) is 0 Å². The van der Waals surface area contributed by atoms with E-state index in [1.54, 1.807) is 0 Å². The maximum atomic E-state index is 12.6. The normalized spacial score (nSPS) is 27.0. The molecule has 3 nitrogen and oxygen atoms in total. The first-order valence-corrected chi connectivity index (χ1v) is 7.12. The number of esters is 1. The molecule has 3 unspecified atom stereocenters. The Kier molecular flexibility index (Phi) is 2.67. The van der Waals surface area contributed by atoms with Crippen molar-refractivity contribution in [2.45, 2.75) is 5.92 Å². The molecule has 1 fully saturated rings. The average Bonchev–Trinajstić information content (AvgIpc) is 2.91. The van der Waals surface area contributed by atoms with Gasteiger partial charge in [-0.3, -0.25) is 9.59 Å². The molecule has 21 heavy (non-hydrogen) atoms. The van der Waals surface area contributed by atoms with Gasteiger partial charge in [-0.1, -0.05) is 54.6 Å². The molecule has 0 saturated carbocycles. The van der Waals surface area contributed by atoms with Crippen LogP contribution in [-0.2, 0) is 9.53 Å². The van der Waals surface area contributed by atoms with Gasteiger partial charge in [0, 0.05) is 17.4 Å². The first-order valence-electron chi connectivity index (χ1n) is 7.12. The van der Waals surface area contributed by atoms with Gasteiger partial charge in [-0.2, -0.15) is 0 Å².